The van der Waals surface area contributed by atoms with E-state index in [1.54, 1.807) is 19.2 Å². The molecule has 0 saturated carbocycles. The number of aliphatic hydroxyl groups is 1. The molecule has 4 nitrogen and oxygen atoms in total. The molecule has 0 atom stereocenters. The van der Waals surface area contributed by atoms with Crippen molar-refractivity contribution in [2.45, 2.75) is 13.8 Å². The van der Waals surface area contributed by atoms with E-state index in [4.69, 9.17) is 5.73 Å². The third-order valence-corrected chi connectivity index (χ3v) is 3.08. The zero-order chi connectivity index (χ0) is 14.9. The van der Waals surface area contributed by atoms with E-state index in [2.05, 4.69) is 16.5 Å². The summed E-state index contributed by atoms with van der Waals surface area (Å²) >= 11 is 0. The molecule has 0 aliphatic rings. The number of nitrogens with two attached hydrogens (primary N) is 1. The number of nitrogens with zero attached hydrogens (tertiary/aromatic N) is 1. The molecule has 5 heteroatoms. The maximum Gasteiger partial charge on any atom is 0.165 e. The molecule has 0 spiro atoms. The standard InChI is InChI=1S/C15H16FN3O/c1-4-10(20)6-11-9(3)18-7-12(11)14-8(2)5-13(16)15(17)19-14/h4-7,18,20H,1H2,2-3H3,(H2,17,19)/b10-6+. The number of aliphatic hydroxyl groups excluding tert-OH is 1. The van der Waals surface area contributed by atoms with Gasteiger partial charge in [0.05, 0.1) is 5.69 Å². The van der Waals surface area contributed by atoms with Crippen molar-refractivity contribution >= 4 is 11.9 Å². The minimum absolute atomic E-state index is 0.0432. The highest BCUT2D eigenvalue weighted by Gasteiger charge is 2.14. The molecule has 0 aromatic carbocycles. The minimum Gasteiger partial charge on any atom is -0.508 e. The summed E-state index contributed by atoms with van der Waals surface area (Å²) in [5.41, 5.74) is 9.16. The van der Waals surface area contributed by atoms with E-state index >= 15 is 0 Å². The molecule has 2 heterocycles. The van der Waals surface area contributed by atoms with Crippen LogP contribution < -0.4 is 5.73 Å². The molecule has 0 unspecified atom stereocenters. The zero-order valence-corrected chi connectivity index (χ0v) is 11.4. The fourth-order valence-corrected chi connectivity index (χ4v) is 1.99. The summed E-state index contributed by atoms with van der Waals surface area (Å²) in [5.74, 6) is -0.640. The van der Waals surface area contributed by atoms with E-state index in [0.29, 0.717) is 11.3 Å². The van der Waals surface area contributed by atoms with E-state index < -0.39 is 5.82 Å². The monoisotopic (exact) mass is 273 g/mol. The maximum absolute atomic E-state index is 13.4. The van der Waals surface area contributed by atoms with Crippen LogP contribution in [0.4, 0.5) is 10.2 Å². The van der Waals surface area contributed by atoms with Crippen molar-refractivity contribution < 1.29 is 9.50 Å². The molecule has 0 radical (unpaired) electrons. The van der Waals surface area contributed by atoms with Gasteiger partial charge in [0.1, 0.15) is 5.76 Å². The first kappa shape index (κ1) is 13.9. The number of anilines is 1. The van der Waals surface area contributed by atoms with E-state index in [1.807, 2.05) is 6.92 Å². The Kier molecular flexibility index (Phi) is 3.61. The van der Waals surface area contributed by atoms with E-state index in [1.165, 1.54) is 12.1 Å². The highest BCUT2D eigenvalue weighted by Crippen LogP contribution is 2.30. The molecule has 2 aromatic rings. The highest BCUT2D eigenvalue weighted by molar-refractivity contribution is 5.77. The van der Waals surface area contributed by atoms with Crippen molar-refractivity contribution in [1.82, 2.24) is 9.97 Å². The Morgan fingerprint density at radius 2 is 2.20 bits per heavy atom. The fraction of sp³-hybridized carbons (Fsp3) is 0.133. The Morgan fingerprint density at radius 3 is 2.85 bits per heavy atom. The van der Waals surface area contributed by atoms with Crippen LogP contribution in [0.5, 0.6) is 0 Å². The van der Waals surface area contributed by atoms with Gasteiger partial charge in [-0.2, -0.15) is 0 Å². The topological polar surface area (TPSA) is 74.9 Å². The summed E-state index contributed by atoms with van der Waals surface area (Å²) in [4.78, 5) is 7.16. The minimum atomic E-state index is -0.537. The van der Waals surface area contributed by atoms with Crippen LogP contribution in [-0.2, 0) is 0 Å². The lowest BCUT2D eigenvalue weighted by Gasteiger charge is -2.07. The molecular formula is C15H16FN3O. The second kappa shape index (κ2) is 5.21. The number of pyridine rings is 1. The Hall–Kier alpha value is -2.56. The summed E-state index contributed by atoms with van der Waals surface area (Å²) in [5, 5.41) is 9.62. The van der Waals surface area contributed by atoms with Crippen LogP contribution in [0.2, 0.25) is 0 Å². The van der Waals surface area contributed by atoms with Crippen LogP contribution in [0.15, 0.2) is 30.7 Å². The van der Waals surface area contributed by atoms with Crippen molar-refractivity contribution in [1.29, 1.82) is 0 Å². The average molecular weight is 273 g/mol. The predicted octanol–water partition coefficient (Wildman–Crippen LogP) is 3.50. The Bertz CT molecular complexity index is 701. The van der Waals surface area contributed by atoms with Gasteiger partial charge in [-0.3, -0.25) is 0 Å². The summed E-state index contributed by atoms with van der Waals surface area (Å²) in [7, 11) is 0. The number of rotatable bonds is 3. The smallest absolute Gasteiger partial charge is 0.165 e. The van der Waals surface area contributed by atoms with Gasteiger partial charge in [-0.25, -0.2) is 9.37 Å². The van der Waals surface area contributed by atoms with Gasteiger partial charge in [-0.05, 0) is 37.6 Å². The average Bonchev–Trinajstić information content (AvgIpc) is 2.75. The van der Waals surface area contributed by atoms with Gasteiger partial charge in [-0.1, -0.05) is 6.58 Å². The number of H-pyrrole nitrogens is 1. The Balaban J connectivity index is 2.66. The number of nitrogen functional groups attached to an aromatic ring is 1. The van der Waals surface area contributed by atoms with Gasteiger partial charge < -0.3 is 15.8 Å². The molecule has 2 aromatic heterocycles. The summed E-state index contributed by atoms with van der Waals surface area (Å²) in [6.07, 6.45) is 4.68. The lowest BCUT2D eigenvalue weighted by molar-refractivity contribution is 0.438. The summed E-state index contributed by atoms with van der Waals surface area (Å²) in [6, 6.07) is 1.35. The number of aromatic nitrogens is 2. The number of hydrogen-bond donors (Lipinski definition) is 3. The van der Waals surface area contributed by atoms with E-state index in [-0.39, 0.29) is 11.6 Å². The molecule has 104 valence electrons. The third kappa shape index (κ3) is 2.42. The number of halogens is 1. The first-order chi connectivity index (χ1) is 9.43. The van der Waals surface area contributed by atoms with Gasteiger partial charge in [-0.15, -0.1) is 0 Å². The molecular weight excluding hydrogens is 257 g/mol. The number of nitrogens with one attached hydrogen (secondary N) is 1. The second-order valence-electron chi connectivity index (χ2n) is 4.54. The van der Waals surface area contributed by atoms with Crippen LogP contribution in [-0.4, -0.2) is 15.1 Å². The number of aryl methyl sites for hydroxylation is 2. The normalized spacial score (nSPS) is 11.7. The highest BCUT2D eigenvalue weighted by atomic mass is 19.1. The third-order valence-electron chi connectivity index (χ3n) is 3.08. The molecule has 0 saturated heterocycles. The van der Waals surface area contributed by atoms with Crippen molar-refractivity contribution in [2.24, 2.45) is 0 Å². The first-order valence-electron chi connectivity index (χ1n) is 6.08. The molecule has 0 fully saturated rings. The van der Waals surface area contributed by atoms with Gasteiger partial charge >= 0.3 is 0 Å². The number of hydrogen-bond acceptors (Lipinski definition) is 3. The van der Waals surface area contributed by atoms with Crippen molar-refractivity contribution in [3.05, 3.63) is 53.3 Å². The van der Waals surface area contributed by atoms with Gasteiger partial charge in [0.2, 0.25) is 0 Å². The van der Waals surface area contributed by atoms with Crippen molar-refractivity contribution in [3.8, 4) is 11.3 Å². The molecule has 20 heavy (non-hydrogen) atoms. The van der Waals surface area contributed by atoms with Gasteiger partial charge in [0.25, 0.3) is 0 Å². The maximum atomic E-state index is 13.4. The molecule has 4 N–H and O–H groups in total. The van der Waals surface area contributed by atoms with E-state index in [9.17, 15) is 9.50 Å². The SMILES string of the molecule is C=C/C(O)=C\c1c(-c2nc(N)c(F)cc2C)c[nH]c1C. The molecule has 2 rings (SSSR count). The molecule has 0 aliphatic heterocycles. The van der Waals surface area contributed by atoms with Gasteiger partial charge in [0.15, 0.2) is 11.6 Å². The number of aromatic amines is 1. The van der Waals surface area contributed by atoms with Gasteiger partial charge in [0, 0.05) is 23.0 Å². The fourth-order valence-electron chi connectivity index (χ4n) is 1.99. The lowest BCUT2D eigenvalue weighted by atomic mass is 10.0. The van der Waals surface area contributed by atoms with Crippen molar-refractivity contribution in [3.63, 3.8) is 0 Å². The van der Waals surface area contributed by atoms with Crippen LogP contribution in [0.25, 0.3) is 17.3 Å². The van der Waals surface area contributed by atoms with Crippen LogP contribution in [0, 0.1) is 19.7 Å². The molecule has 0 amide bonds. The molecule has 0 bridgehead atoms. The Morgan fingerprint density at radius 1 is 1.50 bits per heavy atom. The summed E-state index contributed by atoms with van der Waals surface area (Å²) in [6.45, 7) is 7.13. The molecule has 0 aliphatic carbocycles. The number of allylic oxidation sites excluding steroid dienone is 1. The first-order valence-corrected chi connectivity index (χ1v) is 6.08. The van der Waals surface area contributed by atoms with Crippen molar-refractivity contribution in [2.75, 3.05) is 5.73 Å². The largest absolute Gasteiger partial charge is 0.508 e. The van der Waals surface area contributed by atoms with Crippen LogP contribution in [0.3, 0.4) is 0 Å². The second-order valence-corrected chi connectivity index (χ2v) is 4.54. The lowest BCUT2D eigenvalue weighted by Crippen LogP contribution is -1.99. The zero-order valence-electron chi connectivity index (χ0n) is 11.4. The predicted molar refractivity (Wildman–Crippen MR) is 78.7 cm³/mol. The van der Waals surface area contributed by atoms with E-state index in [0.717, 1.165) is 16.8 Å². The Labute approximate surface area is 116 Å². The summed E-state index contributed by atoms with van der Waals surface area (Å²) < 4.78 is 13.4. The van der Waals surface area contributed by atoms with Crippen LogP contribution in [0.1, 0.15) is 16.8 Å². The quantitative estimate of drug-likeness (QED) is 0.592. The van der Waals surface area contributed by atoms with Crippen LogP contribution >= 0.6 is 0 Å².